The topological polar surface area (TPSA) is 81.6 Å². The third-order valence-electron chi connectivity index (χ3n) is 4.59. The lowest BCUT2D eigenvalue weighted by Gasteiger charge is -2.21. The molecule has 1 aliphatic heterocycles. The molecule has 1 fully saturated rings. The van der Waals surface area contributed by atoms with E-state index in [-0.39, 0.29) is 17.6 Å². The Labute approximate surface area is 150 Å². The molecule has 134 valence electrons. The molecule has 3 aromatic rings. The van der Waals surface area contributed by atoms with Gasteiger partial charge in [0.25, 0.3) is 5.91 Å². The molecule has 1 amide bonds. The van der Waals surface area contributed by atoms with Crippen molar-refractivity contribution in [1.29, 1.82) is 0 Å². The molecule has 0 saturated carbocycles. The third-order valence-corrected chi connectivity index (χ3v) is 4.59. The van der Waals surface area contributed by atoms with Crippen molar-refractivity contribution >= 4 is 5.91 Å². The zero-order valence-corrected chi connectivity index (χ0v) is 14.6. The molecule has 0 aliphatic carbocycles. The minimum absolute atomic E-state index is 0.116. The minimum atomic E-state index is -0.175. The molecular weight excluding hydrogens is 334 g/mol. The van der Waals surface area contributed by atoms with Gasteiger partial charge in [0.2, 0.25) is 0 Å². The molecule has 7 heteroatoms. The lowest BCUT2D eigenvalue weighted by molar-refractivity contribution is 0.0704. The number of methoxy groups -OCH3 is 1. The van der Waals surface area contributed by atoms with Crippen molar-refractivity contribution in [3.05, 3.63) is 53.5 Å². The van der Waals surface area contributed by atoms with Crippen LogP contribution in [-0.4, -0.2) is 34.8 Å². The normalized spacial score (nSPS) is 16.8. The highest BCUT2D eigenvalue weighted by molar-refractivity contribution is 5.93. The number of nitrogens with zero attached hydrogens (tertiary/aromatic N) is 3. The zero-order valence-electron chi connectivity index (χ0n) is 14.6. The van der Waals surface area contributed by atoms with Crippen LogP contribution in [0.4, 0.5) is 0 Å². The van der Waals surface area contributed by atoms with Crippen LogP contribution in [0.1, 0.15) is 40.8 Å². The van der Waals surface area contributed by atoms with E-state index in [9.17, 15) is 4.79 Å². The summed E-state index contributed by atoms with van der Waals surface area (Å²) in [6, 6.07) is 10.9. The van der Waals surface area contributed by atoms with Gasteiger partial charge in [0.1, 0.15) is 5.75 Å². The number of ether oxygens (including phenoxy) is 1. The number of aromatic nitrogens is 2. The van der Waals surface area contributed by atoms with Gasteiger partial charge in [-0.15, -0.1) is 0 Å². The number of likely N-dealkylation sites (tertiary alicyclic amines) is 1. The molecule has 0 bridgehead atoms. The second kappa shape index (κ2) is 6.67. The molecule has 7 nitrogen and oxygen atoms in total. The zero-order chi connectivity index (χ0) is 18.1. The summed E-state index contributed by atoms with van der Waals surface area (Å²) in [7, 11) is 1.59. The van der Waals surface area contributed by atoms with Gasteiger partial charge in [-0.05, 0) is 31.9 Å². The van der Waals surface area contributed by atoms with Crippen molar-refractivity contribution in [2.45, 2.75) is 25.8 Å². The van der Waals surface area contributed by atoms with Gasteiger partial charge in [-0.1, -0.05) is 22.4 Å². The van der Waals surface area contributed by atoms with Gasteiger partial charge in [-0.3, -0.25) is 4.79 Å². The van der Waals surface area contributed by atoms with E-state index < -0.39 is 0 Å². The van der Waals surface area contributed by atoms with Crippen LogP contribution in [0.3, 0.4) is 0 Å². The summed E-state index contributed by atoms with van der Waals surface area (Å²) in [5.41, 5.74) is 1.83. The predicted molar refractivity (Wildman–Crippen MR) is 92.7 cm³/mol. The Morgan fingerprint density at radius 1 is 1.23 bits per heavy atom. The van der Waals surface area contributed by atoms with Crippen LogP contribution in [0.25, 0.3) is 11.3 Å². The Morgan fingerprint density at radius 3 is 2.85 bits per heavy atom. The summed E-state index contributed by atoms with van der Waals surface area (Å²) in [4.78, 5) is 14.7. The van der Waals surface area contributed by atoms with Crippen LogP contribution >= 0.6 is 0 Å². The number of hydrogen-bond acceptors (Lipinski definition) is 6. The van der Waals surface area contributed by atoms with Crippen molar-refractivity contribution < 1.29 is 18.6 Å². The number of amides is 1. The van der Waals surface area contributed by atoms with E-state index in [1.807, 2.05) is 37.3 Å². The van der Waals surface area contributed by atoms with Gasteiger partial charge in [0.05, 0.1) is 24.4 Å². The second-order valence-corrected chi connectivity index (χ2v) is 6.30. The summed E-state index contributed by atoms with van der Waals surface area (Å²) >= 11 is 0. The Morgan fingerprint density at radius 2 is 2.08 bits per heavy atom. The summed E-state index contributed by atoms with van der Waals surface area (Å²) in [5.74, 6) is 1.70. The van der Waals surface area contributed by atoms with E-state index in [0.717, 1.165) is 24.1 Å². The maximum atomic E-state index is 12.9. The fourth-order valence-electron chi connectivity index (χ4n) is 3.34. The summed E-state index contributed by atoms with van der Waals surface area (Å²) < 4.78 is 16.1. The first kappa shape index (κ1) is 16.4. The van der Waals surface area contributed by atoms with Gasteiger partial charge in [0.15, 0.2) is 17.2 Å². The SMILES string of the molecule is COc1ccccc1-c1cc(C(=O)N2CCCC2c2cc(C)no2)no1. The van der Waals surface area contributed by atoms with Crippen molar-refractivity contribution in [3.63, 3.8) is 0 Å². The minimum Gasteiger partial charge on any atom is -0.496 e. The van der Waals surface area contributed by atoms with Gasteiger partial charge in [0, 0.05) is 18.7 Å². The number of benzene rings is 1. The predicted octanol–water partition coefficient (Wildman–Crippen LogP) is 3.62. The number of para-hydroxylation sites is 1. The smallest absolute Gasteiger partial charge is 0.276 e. The van der Waals surface area contributed by atoms with Gasteiger partial charge in [-0.25, -0.2) is 0 Å². The summed E-state index contributed by atoms with van der Waals surface area (Å²) in [6.07, 6.45) is 1.75. The number of carbonyl (C=O) groups excluding carboxylic acids is 1. The van der Waals surface area contributed by atoms with Gasteiger partial charge >= 0.3 is 0 Å². The van der Waals surface area contributed by atoms with E-state index in [4.69, 9.17) is 13.8 Å². The molecular formula is C19H19N3O4. The first-order chi connectivity index (χ1) is 12.7. The fourth-order valence-corrected chi connectivity index (χ4v) is 3.34. The number of hydrogen-bond donors (Lipinski definition) is 0. The van der Waals surface area contributed by atoms with Crippen LogP contribution in [-0.2, 0) is 0 Å². The van der Waals surface area contributed by atoms with Crippen molar-refractivity contribution in [2.24, 2.45) is 0 Å². The molecule has 3 heterocycles. The van der Waals surface area contributed by atoms with E-state index in [2.05, 4.69) is 10.3 Å². The molecule has 2 aromatic heterocycles. The second-order valence-electron chi connectivity index (χ2n) is 6.30. The molecule has 0 radical (unpaired) electrons. The maximum Gasteiger partial charge on any atom is 0.276 e. The van der Waals surface area contributed by atoms with Gasteiger partial charge in [-0.2, -0.15) is 0 Å². The lowest BCUT2D eigenvalue weighted by Crippen LogP contribution is -2.30. The highest BCUT2D eigenvalue weighted by Gasteiger charge is 2.34. The van der Waals surface area contributed by atoms with Crippen LogP contribution in [0, 0.1) is 6.92 Å². The Hall–Kier alpha value is -3.09. The third kappa shape index (κ3) is 2.85. The summed E-state index contributed by atoms with van der Waals surface area (Å²) in [6.45, 7) is 2.52. The Balaban J connectivity index is 1.60. The van der Waals surface area contributed by atoms with Crippen LogP contribution in [0.2, 0.25) is 0 Å². The number of aryl methyl sites for hydroxylation is 1. The van der Waals surface area contributed by atoms with E-state index in [1.165, 1.54) is 0 Å². The standard InChI is InChI=1S/C19H19N3O4/c1-12-10-18(26-20-12)15-7-5-9-22(15)19(23)14-11-17(25-21-14)13-6-3-4-8-16(13)24-2/h3-4,6,8,10-11,15H,5,7,9H2,1-2H3. The quantitative estimate of drug-likeness (QED) is 0.712. The average Bonchev–Trinajstić information content (AvgIpc) is 3.41. The highest BCUT2D eigenvalue weighted by atomic mass is 16.5. The average molecular weight is 353 g/mol. The molecule has 1 saturated heterocycles. The molecule has 1 unspecified atom stereocenters. The number of rotatable bonds is 4. The van der Waals surface area contributed by atoms with E-state index >= 15 is 0 Å². The molecule has 1 aliphatic rings. The molecule has 1 aromatic carbocycles. The van der Waals surface area contributed by atoms with Crippen LogP contribution < -0.4 is 4.74 Å². The lowest BCUT2D eigenvalue weighted by atomic mass is 10.1. The Kier molecular flexibility index (Phi) is 4.20. The number of carbonyl (C=O) groups is 1. The largest absolute Gasteiger partial charge is 0.496 e. The summed E-state index contributed by atoms with van der Waals surface area (Å²) in [5, 5.41) is 7.91. The molecule has 0 N–H and O–H groups in total. The van der Waals surface area contributed by atoms with Gasteiger partial charge < -0.3 is 18.7 Å². The van der Waals surface area contributed by atoms with E-state index in [0.29, 0.717) is 23.8 Å². The highest BCUT2D eigenvalue weighted by Crippen LogP contribution is 2.35. The fraction of sp³-hybridized carbons (Fsp3) is 0.316. The Bertz CT molecular complexity index is 930. The van der Waals surface area contributed by atoms with Crippen molar-refractivity contribution in [1.82, 2.24) is 15.2 Å². The van der Waals surface area contributed by atoms with Crippen LogP contribution in [0.5, 0.6) is 5.75 Å². The molecule has 1 atom stereocenters. The molecule has 26 heavy (non-hydrogen) atoms. The molecule has 4 rings (SSSR count). The maximum absolute atomic E-state index is 12.9. The van der Waals surface area contributed by atoms with E-state index in [1.54, 1.807) is 18.1 Å². The van der Waals surface area contributed by atoms with Crippen LogP contribution in [0.15, 0.2) is 45.4 Å². The first-order valence-electron chi connectivity index (χ1n) is 8.51. The monoisotopic (exact) mass is 353 g/mol. The molecule has 0 spiro atoms. The van der Waals surface area contributed by atoms with Crippen molar-refractivity contribution in [3.8, 4) is 17.1 Å². The van der Waals surface area contributed by atoms with Crippen molar-refractivity contribution in [2.75, 3.05) is 13.7 Å². The first-order valence-corrected chi connectivity index (χ1v) is 8.51.